The summed E-state index contributed by atoms with van der Waals surface area (Å²) in [5.41, 5.74) is 1.23. The van der Waals surface area contributed by atoms with Crippen LogP contribution in [-0.4, -0.2) is 23.0 Å². The number of likely N-dealkylation sites (tertiary alicyclic amines) is 1. The molecule has 1 aromatic heterocycles. The van der Waals surface area contributed by atoms with Crippen molar-refractivity contribution >= 4 is 11.3 Å². The van der Waals surface area contributed by atoms with Gasteiger partial charge in [-0.2, -0.15) is 0 Å². The first-order valence-corrected chi connectivity index (χ1v) is 5.72. The topological polar surface area (TPSA) is 16.1 Å². The van der Waals surface area contributed by atoms with Gasteiger partial charge in [-0.15, -0.1) is 11.3 Å². The number of rotatable bonds is 2. The molecule has 1 saturated heterocycles. The molecule has 0 aromatic carbocycles. The fraction of sp³-hybridized carbons (Fsp3) is 0.700. The van der Waals surface area contributed by atoms with Crippen LogP contribution in [0.4, 0.5) is 0 Å². The molecule has 0 spiro atoms. The van der Waals surface area contributed by atoms with Crippen LogP contribution in [0.15, 0.2) is 0 Å². The van der Waals surface area contributed by atoms with Gasteiger partial charge in [0.1, 0.15) is 0 Å². The number of hydrogen-bond acceptors (Lipinski definition) is 3. The Bertz CT molecular complexity index is 287. The van der Waals surface area contributed by atoms with Crippen LogP contribution in [0, 0.1) is 13.8 Å². The van der Waals surface area contributed by atoms with Gasteiger partial charge in [0.25, 0.3) is 0 Å². The standard InChI is InChI=1S/C10H16N2S/c1-8-10(13-9(2)11-8)7-12-5-3-4-6-12/h3-7H2,1-2H3. The molecule has 13 heavy (non-hydrogen) atoms. The van der Waals surface area contributed by atoms with Crippen molar-refractivity contribution in [3.8, 4) is 0 Å². The van der Waals surface area contributed by atoms with Gasteiger partial charge in [0.2, 0.25) is 0 Å². The van der Waals surface area contributed by atoms with E-state index in [1.165, 1.54) is 41.5 Å². The minimum absolute atomic E-state index is 1.12. The van der Waals surface area contributed by atoms with Gasteiger partial charge in [0.15, 0.2) is 0 Å². The molecule has 0 radical (unpaired) electrons. The van der Waals surface area contributed by atoms with E-state index in [4.69, 9.17) is 0 Å². The van der Waals surface area contributed by atoms with Crippen LogP contribution >= 0.6 is 11.3 Å². The first kappa shape index (κ1) is 9.16. The molecule has 0 bridgehead atoms. The molecule has 0 amide bonds. The highest BCUT2D eigenvalue weighted by Crippen LogP contribution is 2.21. The highest BCUT2D eigenvalue weighted by molar-refractivity contribution is 7.11. The molecule has 1 fully saturated rings. The summed E-state index contributed by atoms with van der Waals surface area (Å²) in [5.74, 6) is 0. The summed E-state index contributed by atoms with van der Waals surface area (Å²) < 4.78 is 0. The summed E-state index contributed by atoms with van der Waals surface area (Å²) in [6, 6.07) is 0. The van der Waals surface area contributed by atoms with Gasteiger partial charge in [-0.3, -0.25) is 4.90 Å². The van der Waals surface area contributed by atoms with E-state index < -0.39 is 0 Å². The van der Waals surface area contributed by atoms with E-state index in [2.05, 4.69) is 23.7 Å². The second-order valence-corrected chi connectivity index (χ2v) is 5.01. The van der Waals surface area contributed by atoms with E-state index in [0.29, 0.717) is 0 Å². The molecule has 3 heteroatoms. The first-order valence-electron chi connectivity index (χ1n) is 4.91. The van der Waals surface area contributed by atoms with E-state index >= 15 is 0 Å². The Balaban J connectivity index is 2.03. The highest BCUT2D eigenvalue weighted by Gasteiger charge is 2.14. The molecule has 0 N–H and O–H groups in total. The summed E-state index contributed by atoms with van der Waals surface area (Å²) in [7, 11) is 0. The van der Waals surface area contributed by atoms with Crippen molar-refractivity contribution in [2.75, 3.05) is 13.1 Å². The Morgan fingerprint density at radius 3 is 2.54 bits per heavy atom. The summed E-state index contributed by atoms with van der Waals surface area (Å²) >= 11 is 1.85. The van der Waals surface area contributed by atoms with Crippen LogP contribution in [0.1, 0.15) is 28.4 Å². The van der Waals surface area contributed by atoms with Gasteiger partial charge in [0, 0.05) is 11.4 Å². The van der Waals surface area contributed by atoms with Gasteiger partial charge in [0.05, 0.1) is 10.7 Å². The third-order valence-corrected chi connectivity index (χ3v) is 3.62. The number of hydrogen-bond donors (Lipinski definition) is 0. The molecule has 2 rings (SSSR count). The summed E-state index contributed by atoms with van der Waals surface area (Å²) in [5, 5.41) is 1.20. The van der Waals surface area contributed by atoms with E-state index in [1.807, 2.05) is 11.3 Å². The van der Waals surface area contributed by atoms with Gasteiger partial charge in [-0.25, -0.2) is 4.98 Å². The molecule has 72 valence electrons. The molecule has 1 aliphatic rings. The number of aromatic nitrogens is 1. The molecule has 0 unspecified atom stereocenters. The molecule has 2 nitrogen and oxygen atoms in total. The monoisotopic (exact) mass is 196 g/mol. The maximum Gasteiger partial charge on any atom is 0.0900 e. The molecular weight excluding hydrogens is 180 g/mol. The van der Waals surface area contributed by atoms with Crippen molar-refractivity contribution in [3.05, 3.63) is 15.6 Å². The average molecular weight is 196 g/mol. The first-order chi connectivity index (χ1) is 6.25. The minimum Gasteiger partial charge on any atom is -0.298 e. The lowest BCUT2D eigenvalue weighted by atomic mass is 10.4. The second kappa shape index (κ2) is 3.76. The molecule has 0 saturated carbocycles. The molecule has 2 heterocycles. The Morgan fingerprint density at radius 2 is 2.00 bits per heavy atom. The Hall–Kier alpha value is -0.410. The van der Waals surface area contributed by atoms with Crippen molar-refractivity contribution in [2.24, 2.45) is 0 Å². The van der Waals surface area contributed by atoms with Gasteiger partial charge >= 0.3 is 0 Å². The van der Waals surface area contributed by atoms with Crippen molar-refractivity contribution in [1.29, 1.82) is 0 Å². The quantitative estimate of drug-likeness (QED) is 0.722. The zero-order chi connectivity index (χ0) is 9.26. The van der Waals surface area contributed by atoms with Gasteiger partial charge in [-0.05, 0) is 39.8 Å². The summed E-state index contributed by atoms with van der Waals surface area (Å²) in [4.78, 5) is 8.43. The van der Waals surface area contributed by atoms with Crippen molar-refractivity contribution < 1.29 is 0 Å². The SMILES string of the molecule is Cc1nc(C)c(CN2CCCC2)s1. The molecular formula is C10H16N2S. The van der Waals surface area contributed by atoms with Crippen LogP contribution in [0.3, 0.4) is 0 Å². The van der Waals surface area contributed by atoms with E-state index in [-0.39, 0.29) is 0 Å². The van der Waals surface area contributed by atoms with Gasteiger partial charge in [-0.1, -0.05) is 0 Å². The zero-order valence-electron chi connectivity index (χ0n) is 8.34. The van der Waals surface area contributed by atoms with E-state index in [9.17, 15) is 0 Å². The predicted octanol–water partition coefficient (Wildman–Crippen LogP) is 2.36. The average Bonchev–Trinajstić information content (AvgIpc) is 2.63. The van der Waals surface area contributed by atoms with Crippen LogP contribution in [0.25, 0.3) is 0 Å². The zero-order valence-corrected chi connectivity index (χ0v) is 9.15. The van der Waals surface area contributed by atoms with Crippen LogP contribution in [-0.2, 0) is 6.54 Å². The summed E-state index contributed by atoms with van der Waals surface area (Å²) in [6.45, 7) is 7.88. The Labute approximate surface area is 83.6 Å². The summed E-state index contributed by atoms with van der Waals surface area (Å²) in [6.07, 6.45) is 2.74. The van der Waals surface area contributed by atoms with Crippen molar-refractivity contribution in [1.82, 2.24) is 9.88 Å². The van der Waals surface area contributed by atoms with Crippen LogP contribution in [0.2, 0.25) is 0 Å². The Kier molecular flexibility index (Phi) is 2.65. The van der Waals surface area contributed by atoms with Gasteiger partial charge < -0.3 is 0 Å². The van der Waals surface area contributed by atoms with E-state index in [0.717, 1.165) is 6.54 Å². The number of aryl methyl sites for hydroxylation is 2. The third-order valence-electron chi connectivity index (χ3n) is 2.57. The maximum absolute atomic E-state index is 4.44. The normalized spacial score (nSPS) is 18.3. The molecule has 0 aliphatic carbocycles. The minimum atomic E-state index is 1.12. The predicted molar refractivity (Wildman–Crippen MR) is 56.1 cm³/mol. The highest BCUT2D eigenvalue weighted by atomic mass is 32.1. The lowest BCUT2D eigenvalue weighted by Gasteiger charge is -2.12. The van der Waals surface area contributed by atoms with Crippen molar-refractivity contribution in [2.45, 2.75) is 33.2 Å². The smallest absolute Gasteiger partial charge is 0.0900 e. The molecule has 0 atom stereocenters. The lowest BCUT2D eigenvalue weighted by Crippen LogP contribution is -2.18. The molecule has 1 aliphatic heterocycles. The lowest BCUT2D eigenvalue weighted by molar-refractivity contribution is 0.333. The third kappa shape index (κ3) is 2.09. The van der Waals surface area contributed by atoms with E-state index in [1.54, 1.807) is 0 Å². The second-order valence-electron chi connectivity index (χ2n) is 3.72. The molecule has 1 aromatic rings. The maximum atomic E-state index is 4.44. The largest absolute Gasteiger partial charge is 0.298 e. The van der Waals surface area contributed by atoms with Crippen LogP contribution < -0.4 is 0 Å². The van der Waals surface area contributed by atoms with Crippen molar-refractivity contribution in [3.63, 3.8) is 0 Å². The number of thiazole rings is 1. The Morgan fingerprint density at radius 1 is 1.31 bits per heavy atom. The fourth-order valence-corrected chi connectivity index (χ4v) is 2.84. The van der Waals surface area contributed by atoms with Crippen LogP contribution in [0.5, 0.6) is 0 Å². The number of nitrogens with zero attached hydrogens (tertiary/aromatic N) is 2. The fourth-order valence-electron chi connectivity index (χ4n) is 1.86.